The maximum Gasteiger partial charge on any atom is 0.143 e. The van der Waals surface area contributed by atoms with Crippen LogP contribution >= 0.6 is 0 Å². The lowest BCUT2D eigenvalue weighted by Gasteiger charge is -2.28. The highest BCUT2D eigenvalue weighted by molar-refractivity contribution is 6.12. The Hall–Kier alpha value is -7.62. The average molecular weight is 729 g/mol. The Bertz CT molecular complexity index is 3230. The Balaban J connectivity index is 1.11. The molecule has 268 valence electrons. The van der Waals surface area contributed by atoms with Crippen LogP contribution in [0.5, 0.6) is 0 Å². The van der Waals surface area contributed by atoms with Crippen LogP contribution in [0, 0.1) is 0 Å². The molecule has 57 heavy (non-hydrogen) atoms. The minimum Gasteiger partial charge on any atom is -0.455 e. The minimum absolute atomic E-state index is 0.902. The summed E-state index contributed by atoms with van der Waals surface area (Å²) >= 11 is 0. The molecular formula is C54H36N2O. The van der Waals surface area contributed by atoms with E-state index in [0.29, 0.717) is 0 Å². The van der Waals surface area contributed by atoms with E-state index in [0.717, 1.165) is 66.8 Å². The van der Waals surface area contributed by atoms with Gasteiger partial charge in [-0.25, -0.2) is 0 Å². The van der Waals surface area contributed by atoms with Crippen molar-refractivity contribution >= 4 is 60.8 Å². The first-order chi connectivity index (χ1) is 28.3. The number of nitrogens with zero attached hydrogens (tertiary/aromatic N) is 2. The Morgan fingerprint density at radius 3 is 1.79 bits per heavy atom. The molecule has 0 saturated heterocycles. The van der Waals surface area contributed by atoms with Crippen molar-refractivity contribution in [3.8, 4) is 39.1 Å². The predicted octanol–water partition coefficient (Wildman–Crippen LogP) is 15.2. The number of hydrogen-bond acceptors (Lipinski definition) is 2. The first-order valence-corrected chi connectivity index (χ1v) is 19.4. The summed E-state index contributed by atoms with van der Waals surface area (Å²) in [6.45, 7) is 0. The van der Waals surface area contributed by atoms with E-state index < -0.39 is 0 Å². The largest absolute Gasteiger partial charge is 0.455 e. The van der Waals surface area contributed by atoms with Crippen LogP contribution in [0.3, 0.4) is 0 Å². The van der Waals surface area contributed by atoms with E-state index in [2.05, 4.69) is 216 Å². The summed E-state index contributed by atoms with van der Waals surface area (Å²) in [7, 11) is 0. The highest BCUT2D eigenvalue weighted by atomic mass is 16.3. The van der Waals surface area contributed by atoms with Crippen molar-refractivity contribution in [3.63, 3.8) is 0 Å². The maximum atomic E-state index is 6.50. The number of fused-ring (bicyclic) bond motifs is 6. The summed E-state index contributed by atoms with van der Waals surface area (Å²) in [6, 6.07) is 78.1. The third kappa shape index (κ3) is 5.60. The molecule has 0 saturated carbocycles. The van der Waals surface area contributed by atoms with Gasteiger partial charge < -0.3 is 13.9 Å². The molecule has 2 heterocycles. The molecule has 3 heteroatoms. The first-order valence-electron chi connectivity index (χ1n) is 19.4. The third-order valence-corrected chi connectivity index (χ3v) is 11.2. The zero-order chi connectivity index (χ0) is 37.7. The van der Waals surface area contributed by atoms with Crippen molar-refractivity contribution < 1.29 is 4.42 Å². The molecule has 2 aromatic heterocycles. The second-order valence-corrected chi connectivity index (χ2v) is 14.5. The molecule has 0 fully saturated rings. The molecule has 0 bridgehead atoms. The third-order valence-electron chi connectivity index (χ3n) is 11.2. The van der Waals surface area contributed by atoms with Gasteiger partial charge in [0.25, 0.3) is 0 Å². The molecule has 11 rings (SSSR count). The molecule has 0 amide bonds. The zero-order valence-electron chi connectivity index (χ0n) is 31.1. The van der Waals surface area contributed by atoms with Gasteiger partial charge in [0.05, 0.1) is 16.7 Å². The minimum atomic E-state index is 0.902. The van der Waals surface area contributed by atoms with E-state index in [1.807, 2.05) is 12.1 Å². The highest BCUT2D eigenvalue weighted by Crippen LogP contribution is 2.44. The lowest BCUT2D eigenvalue weighted by Crippen LogP contribution is -2.11. The van der Waals surface area contributed by atoms with Gasteiger partial charge in [-0.1, -0.05) is 164 Å². The van der Waals surface area contributed by atoms with Crippen LogP contribution in [0.1, 0.15) is 0 Å². The average Bonchev–Trinajstić information content (AvgIpc) is 3.83. The molecule has 0 spiro atoms. The molecule has 0 N–H and O–H groups in total. The summed E-state index contributed by atoms with van der Waals surface area (Å²) in [5.41, 5.74) is 15.4. The van der Waals surface area contributed by atoms with Crippen LogP contribution in [0.4, 0.5) is 17.1 Å². The quantitative estimate of drug-likeness (QED) is 0.163. The summed E-state index contributed by atoms with van der Waals surface area (Å²) in [4.78, 5) is 2.40. The normalized spacial score (nSPS) is 11.5. The van der Waals surface area contributed by atoms with Gasteiger partial charge in [0, 0.05) is 49.7 Å². The van der Waals surface area contributed by atoms with Crippen LogP contribution in [-0.2, 0) is 0 Å². The molecule has 0 aliphatic heterocycles. The maximum absolute atomic E-state index is 6.50. The van der Waals surface area contributed by atoms with E-state index in [9.17, 15) is 0 Å². The van der Waals surface area contributed by atoms with Crippen molar-refractivity contribution in [1.82, 2.24) is 4.57 Å². The lowest BCUT2D eigenvalue weighted by atomic mass is 10.0. The van der Waals surface area contributed by atoms with Crippen molar-refractivity contribution in [3.05, 3.63) is 218 Å². The molecule has 0 aliphatic rings. The fraction of sp³-hybridized carbons (Fsp3) is 0. The predicted molar refractivity (Wildman–Crippen MR) is 239 cm³/mol. The number of benzene rings is 9. The lowest BCUT2D eigenvalue weighted by molar-refractivity contribution is 0.670. The molecule has 0 atom stereocenters. The second-order valence-electron chi connectivity index (χ2n) is 14.5. The second kappa shape index (κ2) is 13.6. The van der Waals surface area contributed by atoms with Gasteiger partial charge in [0.15, 0.2) is 0 Å². The number of rotatable bonds is 7. The topological polar surface area (TPSA) is 21.3 Å². The van der Waals surface area contributed by atoms with E-state index in [1.54, 1.807) is 0 Å². The Morgan fingerprint density at radius 1 is 0.351 bits per heavy atom. The monoisotopic (exact) mass is 728 g/mol. The van der Waals surface area contributed by atoms with E-state index in [1.165, 1.54) is 33.0 Å². The van der Waals surface area contributed by atoms with Crippen molar-refractivity contribution in [2.24, 2.45) is 0 Å². The summed E-state index contributed by atoms with van der Waals surface area (Å²) in [6.07, 6.45) is 0. The van der Waals surface area contributed by atoms with Crippen molar-refractivity contribution in [2.45, 2.75) is 0 Å². The van der Waals surface area contributed by atoms with Crippen LogP contribution in [0.15, 0.2) is 223 Å². The van der Waals surface area contributed by atoms with Gasteiger partial charge in [-0.05, 0) is 76.9 Å². The molecule has 9 aromatic carbocycles. The molecule has 0 radical (unpaired) electrons. The van der Waals surface area contributed by atoms with Crippen LogP contribution in [0.25, 0.3) is 82.8 Å². The number of anilines is 3. The fourth-order valence-corrected chi connectivity index (χ4v) is 8.55. The van der Waals surface area contributed by atoms with Gasteiger partial charge in [0.1, 0.15) is 11.2 Å². The van der Waals surface area contributed by atoms with E-state index in [-0.39, 0.29) is 0 Å². The Labute approximate surface area is 330 Å². The summed E-state index contributed by atoms with van der Waals surface area (Å²) in [5, 5.41) is 4.68. The molecule has 0 unspecified atom stereocenters. The first kappa shape index (κ1) is 32.8. The molecule has 11 aromatic rings. The SMILES string of the molecule is c1ccc(-c2ccc(N(c3ccc4c5ccccc5n(-c5cccc(-c6cccc7c6oc6ccccc67)c5)c4c3)c3ccccc3-c3ccccc3)cc2)cc1. The van der Waals surface area contributed by atoms with Crippen molar-refractivity contribution in [2.75, 3.05) is 4.90 Å². The van der Waals surface area contributed by atoms with Crippen LogP contribution in [-0.4, -0.2) is 4.57 Å². The van der Waals surface area contributed by atoms with Crippen LogP contribution < -0.4 is 4.90 Å². The summed E-state index contributed by atoms with van der Waals surface area (Å²) < 4.78 is 8.91. The molecular weight excluding hydrogens is 693 g/mol. The number of hydrogen-bond donors (Lipinski definition) is 0. The smallest absolute Gasteiger partial charge is 0.143 e. The standard InChI is InChI=1S/C54H36N2O/c1-3-15-37(16-4-1)38-29-31-41(32-30-38)55(50-26-10-7-21-44(50)39-17-5-2-6-18-39)43-33-34-47-46-22-8-11-27-51(46)56(52(47)36-43)42-20-13-19-40(35-42)45-24-14-25-49-48-23-9-12-28-53(48)57-54(45)49/h1-36H. The fourth-order valence-electron chi connectivity index (χ4n) is 8.55. The number of para-hydroxylation sites is 4. The Kier molecular flexibility index (Phi) is 7.82. The highest BCUT2D eigenvalue weighted by Gasteiger charge is 2.21. The number of aromatic nitrogens is 1. The van der Waals surface area contributed by atoms with Gasteiger partial charge in [-0.2, -0.15) is 0 Å². The Morgan fingerprint density at radius 2 is 0.947 bits per heavy atom. The van der Waals surface area contributed by atoms with Gasteiger partial charge >= 0.3 is 0 Å². The van der Waals surface area contributed by atoms with Gasteiger partial charge in [-0.15, -0.1) is 0 Å². The number of furan rings is 1. The molecule has 3 nitrogen and oxygen atoms in total. The zero-order valence-corrected chi connectivity index (χ0v) is 31.1. The van der Waals surface area contributed by atoms with Gasteiger partial charge in [0.2, 0.25) is 0 Å². The van der Waals surface area contributed by atoms with E-state index in [4.69, 9.17) is 4.42 Å². The van der Waals surface area contributed by atoms with E-state index >= 15 is 0 Å². The van der Waals surface area contributed by atoms with Crippen molar-refractivity contribution in [1.29, 1.82) is 0 Å². The molecule has 0 aliphatic carbocycles. The van der Waals surface area contributed by atoms with Crippen LogP contribution in [0.2, 0.25) is 0 Å². The van der Waals surface area contributed by atoms with Gasteiger partial charge in [-0.3, -0.25) is 0 Å². The summed E-state index contributed by atoms with van der Waals surface area (Å²) in [5.74, 6) is 0.